The summed E-state index contributed by atoms with van der Waals surface area (Å²) in [5.41, 5.74) is 2.23. The van der Waals surface area contributed by atoms with Crippen molar-refractivity contribution >= 4 is 11.9 Å². The molecule has 0 spiro atoms. The number of terminal acetylenes is 1. The van der Waals surface area contributed by atoms with E-state index in [0.29, 0.717) is 61.7 Å². The Kier molecular flexibility index (Phi) is 7.96. The Labute approximate surface area is 222 Å². The van der Waals surface area contributed by atoms with E-state index in [-0.39, 0.29) is 11.9 Å². The van der Waals surface area contributed by atoms with Crippen LogP contribution in [0.3, 0.4) is 0 Å². The summed E-state index contributed by atoms with van der Waals surface area (Å²) >= 11 is 1.73. The fourth-order valence-electron chi connectivity index (χ4n) is 5.24. The minimum atomic E-state index is -0.536. The lowest BCUT2D eigenvalue weighted by atomic mass is 9.73. The molecule has 2 saturated heterocycles. The molecule has 0 amide bonds. The molecule has 2 aliphatic heterocycles. The molecule has 8 heteroatoms. The average Bonchev–Trinajstić information content (AvgIpc) is 3.39. The quantitative estimate of drug-likeness (QED) is 0.307. The Balaban J connectivity index is 1.39. The van der Waals surface area contributed by atoms with Crippen molar-refractivity contribution in [1.29, 1.82) is 0 Å². The van der Waals surface area contributed by atoms with E-state index >= 15 is 4.39 Å². The molecule has 194 valence electrons. The Morgan fingerprint density at radius 3 is 2.65 bits per heavy atom. The highest BCUT2D eigenvalue weighted by Crippen LogP contribution is 2.44. The Morgan fingerprint density at radius 2 is 1.95 bits per heavy atom. The summed E-state index contributed by atoms with van der Waals surface area (Å²) in [5, 5.41) is 4.63. The molecule has 0 radical (unpaired) electrons. The van der Waals surface area contributed by atoms with Crippen LogP contribution in [0, 0.1) is 18.2 Å². The number of ether oxygens (including phenoxy) is 1. The summed E-state index contributed by atoms with van der Waals surface area (Å²) in [6, 6.07) is 16.0. The van der Waals surface area contributed by atoms with E-state index in [1.54, 1.807) is 18.0 Å². The number of aromatic nitrogens is 2. The standard InChI is InChI=1S/C29H33FN4O2S/c1-4-24-12-13-26(21-8-6-5-7-9-21)37-34(24)19-22-10-11-23(18-25(22)30)29(14-16-35-17-15-29)28-31-27(36-32-28)20-33(2)3/h1,5-11,18,24,26H,12-17,19-20H2,2-3H3/t24-,26+/m0/s1. The Bertz CT molecular complexity index is 1240. The summed E-state index contributed by atoms with van der Waals surface area (Å²) in [4.78, 5) is 6.67. The predicted octanol–water partition coefficient (Wildman–Crippen LogP) is 5.35. The first kappa shape index (κ1) is 25.9. The van der Waals surface area contributed by atoms with Gasteiger partial charge in [-0.15, -0.1) is 6.42 Å². The van der Waals surface area contributed by atoms with Gasteiger partial charge in [0.1, 0.15) is 5.82 Å². The third kappa shape index (κ3) is 5.60. The number of hydrogen-bond donors (Lipinski definition) is 0. The van der Waals surface area contributed by atoms with Crippen LogP contribution in [0.25, 0.3) is 0 Å². The SMILES string of the molecule is C#C[C@H]1CC[C@H](c2ccccc2)SN1Cc1ccc(C2(c3noc(CN(C)C)n3)CCOCC2)cc1F. The molecule has 0 unspecified atom stereocenters. The molecular weight excluding hydrogens is 487 g/mol. The van der Waals surface area contributed by atoms with Gasteiger partial charge in [0.05, 0.1) is 18.0 Å². The first-order valence-corrected chi connectivity index (χ1v) is 13.6. The third-order valence-corrected chi connectivity index (χ3v) is 8.72. The van der Waals surface area contributed by atoms with E-state index < -0.39 is 5.41 Å². The number of rotatable bonds is 7. The van der Waals surface area contributed by atoms with Gasteiger partial charge in [0.15, 0.2) is 5.82 Å². The molecule has 0 bridgehead atoms. The van der Waals surface area contributed by atoms with Gasteiger partial charge in [-0.25, -0.2) is 8.70 Å². The number of nitrogens with zero attached hydrogens (tertiary/aromatic N) is 4. The third-order valence-electron chi connectivity index (χ3n) is 7.30. The topological polar surface area (TPSA) is 54.6 Å². The molecule has 2 aromatic carbocycles. The second-order valence-electron chi connectivity index (χ2n) is 10.1. The van der Waals surface area contributed by atoms with Gasteiger partial charge >= 0.3 is 0 Å². The van der Waals surface area contributed by atoms with Crippen LogP contribution in [0.15, 0.2) is 53.1 Å². The van der Waals surface area contributed by atoms with Crippen molar-refractivity contribution in [2.75, 3.05) is 27.3 Å². The van der Waals surface area contributed by atoms with Gasteiger partial charge in [0.2, 0.25) is 5.89 Å². The second-order valence-corrected chi connectivity index (χ2v) is 11.3. The van der Waals surface area contributed by atoms with E-state index in [2.05, 4.69) is 39.6 Å². The maximum atomic E-state index is 15.7. The normalized spacial score (nSPS) is 22.1. The second kappa shape index (κ2) is 11.4. The summed E-state index contributed by atoms with van der Waals surface area (Å²) in [7, 11) is 3.91. The fourth-order valence-corrected chi connectivity index (χ4v) is 6.61. The first-order valence-electron chi connectivity index (χ1n) is 12.8. The molecule has 0 saturated carbocycles. The highest BCUT2D eigenvalue weighted by molar-refractivity contribution is 7.97. The van der Waals surface area contributed by atoms with Gasteiger partial charge in [0.25, 0.3) is 0 Å². The van der Waals surface area contributed by atoms with Crippen molar-refractivity contribution < 1.29 is 13.7 Å². The van der Waals surface area contributed by atoms with E-state index in [9.17, 15) is 0 Å². The van der Waals surface area contributed by atoms with Crippen molar-refractivity contribution in [3.8, 4) is 12.3 Å². The lowest BCUT2D eigenvalue weighted by Crippen LogP contribution is -2.36. The van der Waals surface area contributed by atoms with Crippen molar-refractivity contribution in [3.05, 3.63) is 82.8 Å². The van der Waals surface area contributed by atoms with E-state index in [0.717, 1.165) is 18.4 Å². The summed E-state index contributed by atoms with van der Waals surface area (Å²) < 4.78 is 29.0. The van der Waals surface area contributed by atoms with Crippen molar-refractivity contribution in [3.63, 3.8) is 0 Å². The molecule has 3 aromatic rings. The zero-order chi connectivity index (χ0) is 25.8. The summed E-state index contributed by atoms with van der Waals surface area (Å²) in [5.74, 6) is 3.83. The Morgan fingerprint density at radius 1 is 1.16 bits per heavy atom. The monoisotopic (exact) mass is 520 g/mol. The molecule has 1 aromatic heterocycles. The minimum Gasteiger partial charge on any atom is -0.381 e. The maximum absolute atomic E-state index is 15.7. The lowest BCUT2D eigenvalue weighted by Gasteiger charge is -2.37. The zero-order valence-corrected chi connectivity index (χ0v) is 22.2. The highest BCUT2D eigenvalue weighted by atomic mass is 32.2. The molecule has 6 nitrogen and oxygen atoms in total. The van der Waals surface area contributed by atoms with Crippen molar-refractivity contribution in [1.82, 2.24) is 19.3 Å². The van der Waals surface area contributed by atoms with Crippen LogP contribution in [-0.4, -0.2) is 52.7 Å². The van der Waals surface area contributed by atoms with E-state index in [4.69, 9.17) is 20.7 Å². The van der Waals surface area contributed by atoms with Gasteiger partial charge in [0, 0.05) is 30.6 Å². The van der Waals surface area contributed by atoms with Gasteiger partial charge in [-0.2, -0.15) is 4.98 Å². The molecule has 0 aliphatic carbocycles. The average molecular weight is 521 g/mol. The molecule has 3 heterocycles. The fraction of sp³-hybridized carbons (Fsp3) is 0.448. The molecule has 5 rings (SSSR count). The van der Waals surface area contributed by atoms with E-state index in [1.807, 2.05) is 37.2 Å². The molecule has 2 aliphatic rings. The van der Waals surface area contributed by atoms with Gasteiger partial charge < -0.3 is 14.2 Å². The first-order chi connectivity index (χ1) is 18.0. The number of benzene rings is 2. The minimum absolute atomic E-state index is 0.0275. The van der Waals surface area contributed by atoms with Gasteiger partial charge in [-0.05, 0) is 57.0 Å². The summed E-state index contributed by atoms with van der Waals surface area (Å²) in [6.45, 7) is 2.13. The van der Waals surface area contributed by atoms with Gasteiger partial charge in [-0.3, -0.25) is 0 Å². The Hall–Kier alpha value is -2.70. The highest BCUT2D eigenvalue weighted by Gasteiger charge is 2.41. The molecule has 37 heavy (non-hydrogen) atoms. The van der Waals surface area contributed by atoms with Crippen LogP contribution in [0.2, 0.25) is 0 Å². The smallest absolute Gasteiger partial charge is 0.240 e. The number of halogens is 1. The number of hydrogen-bond acceptors (Lipinski definition) is 7. The van der Waals surface area contributed by atoms with Crippen LogP contribution in [0.4, 0.5) is 4.39 Å². The maximum Gasteiger partial charge on any atom is 0.240 e. The summed E-state index contributed by atoms with van der Waals surface area (Å²) in [6.07, 6.45) is 9.11. The molecule has 2 atom stereocenters. The van der Waals surface area contributed by atoms with Crippen LogP contribution in [0.5, 0.6) is 0 Å². The largest absolute Gasteiger partial charge is 0.381 e. The van der Waals surface area contributed by atoms with Gasteiger partial charge in [-0.1, -0.05) is 65.5 Å². The van der Waals surface area contributed by atoms with Crippen molar-refractivity contribution in [2.24, 2.45) is 0 Å². The lowest BCUT2D eigenvalue weighted by molar-refractivity contribution is 0.0596. The van der Waals surface area contributed by atoms with E-state index in [1.165, 1.54) is 5.56 Å². The van der Waals surface area contributed by atoms with Crippen LogP contribution >= 0.6 is 11.9 Å². The van der Waals surface area contributed by atoms with Crippen LogP contribution in [-0.2, 0) is 23.2 Å². The van der Waals surface area contributed by atoms with Crippen LogP contribution in [0.1, 0.15) is 59.3 Å². The zero-order valence-electron chi connectivity index (χ0n) is 21.4. The molecular formula is C29H33FN4O2S. The molecule has 0 N–H and O–H groups in total. The predicted molar refractivity (Wildman–Crippen MR) is 143 cm³/mol. The molecule has 2 fully saturated rings. The van der Waals surface area contributed by atoms with Crippen molar-refractivity contribution in [2.45, 2.75) is 55.5 Å². The van der Waals surface area contributed by atoms with Crippen LogP contribution < -0.4 is 0 Å².